The molecule has 0 aliphatic rings. The first kappa shape index (κ1) is 13.4. The number of halogens is 2. The number of anilines is 1. The molecule has 0 aromatic heterocycles. The van der Waals surface area contributed by atoms with Crippen LogP contribution in [0.15, 0.2) is 22.7 Å². The van der Waals surface area contributed by atoms with Crippen molar-refractivity contribution in [3.63, 3.8) is 0 Å². The molecule has 0 bridgehead atoms. The van der Waals surface area contributed by atoms with Crippen molar-refractivity contribution in [2.45, 2.75) is 6.10 Å². The van der Waals surface area contributed by atoms with E-state index in [1.165, 1.54) is 6.07 Å². The summed E-state index contributed by atoms with van der Waals surface area (Å²) in [6.45, 7) is 1.03. The van der Waals surface area contributed by atoms with Crippen LogP contribution in [0.4, 0.5) is 10.1 Å². The van der Waals surface area contributed by atoms with Crippen molar-refractivity contribution in [1.29, 1.82) is 0 Å². The van der Waals surface area contributed by atoms with Gasteiger partial charge in [-0.2, -0.15) is 0 Å². The Labute approximate surface area is 103 Å². The van der Waals surface area contributed by atoms with Crippen LogP contribution < -0.4 is 5.32 Å². The summed E-state index contributed by atoms with van der Waals surface area (Å²) in [7, 11) is 3.80. The standard InChI is InChI=1S/C11H16BrFN2O/c1-15(2)7-9(16)6-14-8-3-4-11(13)10(12)5-8/h3-5,9,14,16H,6-7H2,1-2H3. The van der Waals surface area contributed by atoms with Crippen LogP contribution in [0.2, 0.25) is 0 Å². The molecule has 0 spiro atoms. The molecule has 1 unspecified atom stereocenters. The lowest BCUT2D eigenvalue weighted by Gasteiger charge is -2.17. The van der Waals surface area contributed by atoms with Gasteiger partial charge in [0, 0.05) is 18.8 Å². The second-order valence-electron chi connectivity index (χ2n) is 3.93. The van der Waals surface area contributed by atoms with Crippen LogP contribution in [0.3, 0.4) is 0 Å². The van der Waals surface area contributed by atoms with Gasteiger partial charge in [0.25, 0.3) is 0 Å². The van der Waals surface area contributed by atoms with Gasteiger partial charge in [-0.15, -0.1) is 0 Å². The lowest BCUT2D eigenvalue weighted by molar-refractivity contribution is 0.148. The summed E-state index contributed by atoms with van der Waals surface area (Å²) in [5.74, 6) is -0.292. The molecule has 0 radical (unpaired) electrons. The Bertz CT molecular complexity index is 347. The molecular weight excluding hydrogens is 275 g/mol. The van der Waals surface area contributed by atoms with Gasteiger partial charge in [0.1, 0.15) is 5.82 Å². The third kappa shape index (κ3) is 4.47. The average Bonchev–Trinajstić information content (AvgIpc) is 2.19. The van der Waals surface area contributed by atoms with Gasteiger partial charge in [0.05, 0.1) is 10.6 Å². The van der Waals surface area contributed by atoms with Gasteiger partial charge < -0.3 is 15.3 Å². The molecule has 0 heterocycles. The van der Waals surface area contributed by atoms with Gasteiger partial charge in [0.15, 0.2) is 0 Å². The Morgan fingerprint density at radius 1 is 1.50 bits per heavy atom. The molecule has 5 heteroatoms. The molecular formula is C11H16BrFN2O. The number of rotatable bonds is 5. The largest absolute Gasteiger partial charge is 0.390 e. The Morgan fingerprint density at radius 3 is 2.75 bits per heavy atom. The van der Waals surface area contributed by atoms with Gasteiger partial charge in [-0.1, -0.05) is 0 Å². The van der Waals surface area contributed by atoms with E-state index in [1.54, 1.807) is 12.1 Å². The van der Waals surface area contributed by atoms with Gasteiger partial charge in [-0.3, -0.25) is 0 Å². The van der Waals surface area contributed by atoms with Crippen LogP contribution in [0, 0.1) is 5.82 Å². The molecule has 0 saturated heterocycles. The topological polar surface area (TPSA) is 35.5 Å². The minimum absolute atomic E-state index is 0.292. The highest BCUT2D eigenvalue weighted by atomic mass is 79.9. The summed E-state index contributed by atoms with van der Waals surface area (Å²) in [5.41, 5.74) is 0.783. The van der Waals surface area contributed by atoms with Crippen LogP contribution in [-0.2, 0) is 0 Å². The first-order valence-corrected chi connectivity index (χ1v) is 5.80. The van der Waals surface area contributed by atoms with Gasteiger partial charge in [-0.25, -0.2) is 4.39 Å². The third-order valence-corrected chi connectivity index (χ3v) is 2.65. The van der Waals surface area contributed by atoms with Crippen molar-refractivity contribution in [1.82, 2.24) is 4.90 Å². The van der Waals surface area contributed by atoms with Crippen LogP contribution in [0.1, 0.15) is 0 Å². The SMILES string of the molecule is CN(C)CC(O)CNc1ccc(F)c(Br)c1. The van der Waals surface area contributed by atoms with E-state index < -0.39 is 6.10 Å². The summed E-state index contributed by atoms with van der Waals surface area (Å²) in [5, 5.41) is 12.7. The summed E-state index contributed by atoms with van der Waals surface area (Å²) in [6.07, 6.45) is -0.446. The van der Waals surface area contributed by atoms with Crippen molar-refractivity contribution in [3.05, 3.63) is 28.5 Å². The van der Waals surface area contributed by atoms with Crippen LogP contribution in [-0.4, -0.2) is 43.3 Å². The van der Waals surface area contributed by atoms with Crippen molar-refractivity contribution >= 4 is 21.6 Å². The fourth-order valence-corrected chi connectivity index (χ4v) is 1.71. The van der Waals surface area contributed by atoms with E-state index >= 15 is 0 Å². The highest BCUT2D eigenvalue weighted by Crippen LogP contribution is 2.19. The van der Waals surface area contributed by atoms with Crippen molar-refractivity contribution in [2.75, 3.05) is 32.5 Å². The lowest BCUT2D eigenvalue weighted by Crippen LogP contribution is -2.31. The molecule has 1 atom stereocenters. The predicted octanol–water partition coefficient (Wildman–Crippen LogP) is 1.92. The van der Waals surface area contributed by atoms with E-state index in [4.69, 9.17) is 0 Å². The molecule has 16 heavy (non-hydrogen) atoms. The minimum Gasteiger partial charge on any atom is -0.390 e. The number of hydrogen-bond acceptors (Lipinski definition) is 3. The molecule has 0 amide bonds. The second-order valence-corrected chi connectivity index (χ2v) is 4.78. The second kappa shape index (κ2) is 6.18. The number of likely N-dealkylation sites (N-methyl/N-ethyl adjacent to an activating group) is 1. The Kier molecular flexibility index (Phi) is 5.18. The summed E-state index contributed by atoms with van der Waals surface area (Å²) in [4.78, 5) is 1.91. The normalized spacial score (nSPS) is 12.9. The highest BCUT2D eigenvalue weighted by molar-refractivity contribution is 9.10. The van der Waals surface area contributed by atoms with E-state index in [1.807, 2.05) is 19.0 Å². The van der Waals surface area contributed by atoms with Crippen molar-refractivity contribution in [2.24, 2.45) is 0 Å². The Morgan fingerprint density at radius 2 is 2.19 bits per heavy atom. The molecule has 1 aromatic carbocycles. The van der Waals surface area contributed by atoms with Crippen molar-refractivity contribution < 1.29 is 9.50 Å². The van der Waals surface area contributed by atoms with E-state index in [0.29, 0.717) is 17.6 Å². The van der Waals surface area contributed by atoms with E-state index in [2.05, 4.69) is 21.2 Å². The van der Waals surface area contributed by atoms with E-state index in [0.717, 1.165) is 5.69 Å². The molecule has 1 aromatic rings. The molecule has 3 nitrogen and oxygen atoms in total. The summed E-state index contributed by atoms with van der Waals surface area (Å²) >= 11 is 3.11. The smallest absolute Gasteiger partial charge is 0.137 e. The monoisotopic (exact) mass is 290 g/mol. The van der Waals surface area contributed by atoms with E-state index in [9.17, 15) is 9.50 Å². The quantitative estimate of drug-likeness (QED) is 0.870. The maximum Gasteiger partial charge on any atom is 0.137 e. The zero-order valence-electron chi connectivity index (χ0n) is 9.37. The first-order valence-electron chi connectivity index (χ1n) is 5.00. The van der Waals surface area contributed by atoms with Crippen LogP contribution >= 0.6 is 15.9 Å². The zero-order valence-corrected chi connectivity index (χ0v) is 11.0. The minimum atomic E-state index is -0.446. The predicted molar refractivity (Wildman–Crippen MR) is 67.2 cm³/mol. The van der Waals surface area contributed by atoms with Gasteiger partial charge >= 0.3 is 0 Å². The van der Waals surface area contributed by atoms with Gasteiger partial charge in [0.2, 0.25) is 0 Å². The number of nitrogens with one attached hydrogen (secondary N) is 1. The Hall–Kier alpha value is -0.650. The summed E-state index contributed by atoms with van der Waals surface area (Å²) < 4.78 is 13.4. The fraction of sp³-hybridized carbons (Fsp3) is 0.455. The molecule has 1 rings (SSSR count). The number of aliphatic hydroxyl groups excluding tert-OH is 1. The molecule has 0 saturated carbocycles. The molecule has 0 aliphatic heterocycles. The highest BCUT2D eigenvalue weighted by Gasteiger charge is 2.06. The van der Waals surface area contributed by atoms with Crippen molar-refractivity contribution in [3.8, 4) is 0 Å². The number of benzene rings is 1. The van der Waals surface area contributed by atoms with E-state index in [-0.39, 0.29) is 5.82 Å². The Balaban J connectivity index is 2.45. The zero-order chi connectivity index (χ0) is 12.1. The van der Waals surface area contributed by atoms with Crippen LogP contribution in [0.5, 0.6) is 0 Å². The third-order valence-electron chi connectivity index (χ3n) is 2.04. The first-order chi connectivity index (χ1) is 7.49. The number of hydrogen-bond donors (Lipinski definition) is 2. The number of nitrogens with zero attached hydrogens (tertiary/aromatic N) is 1. The van der Waals surface area contributed by atoms with Crippen LogP contribution in [0.25, 0.3) is 0 Å². The fourth-order valence-electron chi connectivity index (χ4n) is 1.33. The molecule has 0 aliphatic carbocycles. The molecule has 2 N–H and O–H groups in total. The molecule has 0 fully saturated rings. The lowest BCUT2D eigenvalue weighted by atomic mass is 10.3. The number of aliphatic hydroxyl groups is 1. The summed E-state index contributed by atoms with van der Waals surface area (Å²) in [6, 6.07) is 4.67. The molecule has 90 valence electrons. The average molecular weight is 291 g/mol. The maximum absolute atomic E-state index is 12.9. The maximum atomic E-state index is 12.9. The van der Waals surface area contributed by atoms with Gasteiger partial charge in [-0.05, 0) is 48.2 Å².